The molecule has 0 saturated carbocycles. The fraction of sp³-hybridized carbons (Fsp3) is 0.250. The number of hydrogen-bond donors (Lipinski definition) is 2. The van der Waals surface area contributed by atoms with Gasteiger partial charge >= 0.3 is 0 Å². The Hall–Kier alpha value is -1.98. The molecule has 0 radical (unpaired) electrons. The van der Waals surface area contributed by atoms with E-state index < -0.39 is 0 Å². The monoisotopic (exact) mass is 300 g/mol. The average Bonchev–Trinajstić information content (AvgIpc) is 2.99. The van der Waals surface area contributed by atoms with Gasteiger partial charge in [0.15, 0.2) is 0 Å². The third kappa shape index (κ3) is 3.04. The number of rotatable bonds is 5. The van der Waals surface area contributed by atoms with Gasteiger partial charge in [-0.25, -0.2) is 0 Å². The van der Waals surface area contributed by atoms with Crippen molar-refractivity contribution in [2.45, 2.75) is 0 Å². The molecule has 0 spiro atoms. The number of amides is 1. The number of ketones is 1. The van der Waals surface area contributed by atoms with E-state index in [0.29, 0.717) is 28.5 Å². The van der Waals surface area contributed by atoms with Crippen LogP contribution in [-0.2, 0) is 0 Å². The van der Waals surface area contributed by atoms with E-state index in [9.17, 15) is 9.59 Å². The molecule has 108 valence electrons. The van der Waals surface area contributed by atoms with Gasteiger partial charge < -0.3 is 10.6 Å². The predicted octanol–water partition coefficient (Wildman–Crippen LogP) is 1.93. The first-order valence-electron chi connectivity index (χ1n) is 6.92. The topological polar surface area (TPSA) is 58.2 Å². The summed E-state index contributed by atoms with van der Waals surface area (Å²) in [6, 6.07) is 10.6. The van der Waals surface area contributed by atoms with Crippen molar-refractivity contribution < 1.29 is 9.59 Å². The smallest absolute Gasteiger partial charge is 0.252 e. The van der Waals surface area contributed by atoms with Gasteiger partial charge in [0.05, 0.1) is 10.4 Å². The average molecular weight is 300 g/mol. The van der Waals surface area contributed by atoms with Crippen LogP contribution in [0.4, 0.5) is 0 Å². The molecule has 1 aromatic heterocycles. The Kier molecular flexibility index (Phi) is 4.13. The number of carbonyl (C=O) groups excluding carboxylic acids is 2. The lowest BCUT2D eigenvalue weighted by atomic mass is 10.0. The van der Waals surface area contributed by atoms with Gasteiger partial charge in [0.2, 0.25) is 5.78 Å². The first-order valence-corrected chi connectivity index (χ1v) is 7.80. The molecule has 1 fully saturated rings. The number of nitrogens with one attached hydrogen (secondary N) is 2. The fourth-order valence-corrected chi connectivity index (χ4v) is 2.92. The number of carbonyl (C=O) groups is 2. The summed E-state index contributed by atoms with van der Waals surface area (Å²) in [5, 5.41) is 7.94. The molecule has 5 heteroatoms. The van der Waals surface area contributed by atoms with E-state index in [1.54, 1.807) is 30.3 Å². The van der Waals surface area contributed by atoms with Gasteiger partial charge in [-0.3, -0.25) is 9.59 Å². The van der Waals surface area contributed by atoms with Gasteiger partial charge in [-0.05, 0) is 17.5 Å². The van der Waals surface area contributed by atoms with Gasteiger partial charge in [-0.1, -0.05) is 24.3 Å². The number of hydrogen-bond acceptors (Lipinski definition) is 4. The normalized spacial score (nSPS) is 14.5. The molecule has 2 N–H and O–H groups in total. The van der Waals surface area contributed by atoms with E-state index in [4.69, 9.17) is 0 Å². The van der Waals surface area contributed by atoms with Crippen LogP contribution in [0.2, 0.25) is 0 Å². The zero-order valence-electron chi connectivity index (χ0n) is 11.5. The molecule has 0 atom stereocenters. The third-order valence-electron chi connectivity index (χ3n) is 3.58. The summed E-state index contributed by atoms with van der Waals surface area (Å²) < 4.78 is 0. The summed E-state index contributed by atoms with van der Waals surface area (Å²) in [5.74, 6) is 0.220. The van der Waals surface area contributed by atoms with Crippen LogP contribution in [0.15, 0.2) is 41.8 Å². The maximum Gasteiger partial charge on any atom is 0.252 e. The van der Waals surface area contributed by atoms with Crippen LogP contribution in [0, 0.1) is 5.92 Å². The van der Waals surface area contributed by atoms with Crippen molar-refractivity contribution in [3.63, 3.8) is 0 Å². The zero-order chi connectivity index (χ0) is 14.7. The van der Waals surface area contributed by atoms with E-state index in [2.05, 4.69) is 10.6 Å². The van der Waals surface area contributed by atoms with E-state index in [-0.39, 0.29) is 11.7 Å². The second-order valence-electron chi connectivity index (χ2n) is 5.09. The molecule has 1 aliphatic heterocycles. The second-order valence-corrected chi connectivity index (χ2v) is 6.03. The summed E-state index contributed by atoms with van der Waals surface area (Å²) in [6.45, 7) is 2.53. The van der Waals surface area contributed by atoms with Gasteiger partial charge in [-0.15, -0.1) is 11.3 Å². The molecule has 21 heavy (non-hydrogen) atoms. The van der Waals surface area contributed by atoms with Crippen LogP contribution < -0.4 is 10.6 Å². The van der Waals surface area contributed by atoms with Gasteiger partial charge in [0.1, 0.15) is 0 Å². The van der Waals surface area contributed by atoms with Crippen LogP contribution in [-0.4, -0.2) is 31.3 Å². The first kappa shape index (κ1) is 14.0. The Bertz CT molecular complexity index is 648. The maximum atomic E-state index is 12.5. The highest BCUT2D eigenvalue weighted by Crippen LogP contribution is 2.18. The lowest BCUT2D eigenvalue weighted by molar-refractivity contribution is 0.0932. The van der Waals surface area contributed by atoms with Gasteiger partial charge in [0, 0.05) is 31.1 Å². The van der Waals surface area contributed by atoms with Crippen LogP contribution in [0.1, 0.15) is 25.6 Å². The maximum absolute atomic E-state index is 12.5. The largest absolute Gasteiger partial charge is 0.352 e. The third-order valence-corrected chi connectivity index (χ3v) is 4.45. The molecule has 2 heterocycles. The molecule has 1 aliphatic rings. The first-order chi connectivity index (χ1) is 10.3. The Balaban J connectivity index is 1.78. The molecule has 0 aliphatic carbocycles. The Morgan fingerprint density at radius 1 is 1.14 bits per heavy atom. The number of thiophene rings is 1. The molecule has 3 rings (SSSR count). The highest BCUT2D eigenvalue weighted by Gasteiger charge is 2.21. The molecular formula is C16H16N2O2S. The minimum absolute atomic E-state index is 0.0962. The zero-order valence-corrected chi connectivity index (χ0v) is 12.3. The van der Waals surface area contributed by atoms with E-state index in [1.807, 2.05) is 11.4 Å². The minimum atomic E-state index is -0.178. The van der Waals surface area contributed by atoms with Crippen molar-refractivity contribution in [3.05, 3.63) is 57.8 Å². The van der Waals surface area contributed by atoms with Crippen molar-refractivity contribution >= 4 is 23.0 Å². The summed E-state index contributed by atoms with van der Waals surface area (Å²) >= 11 is 1.39. The summed E-state index contributed by atoms with van der Waals surface area (Å²) in [5.41, 5.74) is 0.910. The predicted molar refractivity (Wildman–Crippen MR) is 82.9 cm³/mol. The fourth-order valence-electron chi connectivity index (χ4n) is 2.24. The molecule has 1 aromatic carbocycles. The summed E-state index contributed by atoms with van der Waals surface area (Å²) in [4.78, 5) is 25.4. The number of benzene rings is 1. The van der Waals surface area contributed by atoms with Gasteiger partial charge in [-0.2, -0.15) is 0 Å². The molecule has 0 unspecified atom stereocenters. The van der Waals surface area contributed by atoms with Crippen molar-refractivity contribution in [2.24, 2.45) is 5.92 Å². The highest BCUT2D eigenvalue weighted by atomic mass is 32.1. The van der Waals surface area contributed by atoms with Crippen molar-refractivity contribution in [1.82, 2.24) is 10.6 Å². The second kappa shape index (κ2) is 6.20. The lowest BCUT2D eigenvalue weighted by Crippen LogP contribution is -2.48. The van der Waals surface area contributed by atoms with Crippen LogP contribution in [0.3, 0.4) is 0 Å². The molecule has 4 nitrogen and oxygen atoms in total. The summed E-state index contributed by atoms with van der Waals surface area (Å²) in [7, 11) is 0. The quantitative estimate of drug-likeness (QED) is 0.830. The molecule has 1 amide bonds. The highest BCUT2D eigenvalue weighted by molar-refractivity contribution is 7.12. The Morgan fingerprint density at radius 3 is 2.52 bits per heavy atom. The SMILES string of the molecule is O=C(NCC1CNC1)c1ccccc1C(=O)c1cccs1. The van der Waals surface area contributed by atoms with Crippen molar-refractivity contribution in [2.75, 3.05) is 19.6 Å². The van der Waals surface area contributed by atoms with E-state index >= 15 is 0 Å². The van der Waals surface area contributed by atoms with Crippen LogP contribution in [0.5, 0.6) is 0 Å². The minimum Gasteiger partial charge on any atom is -0.352 e. The van der Waals surface area contributed by atoms with Crippen LogP contribution in [0.25, 0.3) is 0 Å². The molecule has 1 saturated heterocycles. The standard InChI is InChI=1S/C16H16N2O2S/c19-15(14-6-3-7-21-14)12-4-1-2-5-13(12)16(20)18-10-11-8-17-9-11/h1-7,11,17H,8-10H2,(H,18,20). The van der Waals surface area contributed by atoms with Crippen LogP contribution >= 0.6 is 11.3 Å². The van der Waals surface area contributed by atoms with E-state index in [0.717, 1.165) is 13.1 Å². The molecule has 0 bridgehead atoms. The van der Waals surface area contributed by atoms with Crippen molar-refractivity contribution in [1.29, 1.82) is 0 Å². The van der Waals surface area contributed by atoms with E-state index in [1.165, 1.54) is 11.3 Å². The van der Waals surface area contributed by atoms with Crippen molar-refractivity contribution in [3.8, 4) is 0 Å². The molecule has 2 aromatic rings. The lowest BCUT2D eigenvalue weighted by Gasteiger charge is -2.27. The molecular weight excluding hydrogens is 284 g/mol. The Morgan fingerprint density at radius 2 is 1.90 bits per heavy atom. The summed E-state index contributed by atoms with van der Waals surface area (Å²) in [6.07, 6.45) is 0. The van der Waals surface area contributed by atoms with Gasteiger partial charge in [0.25, 0.3) is 5.91 Å². The Labute approximate surface area is 127 Å².